The minimum atomic E-state index is -0.383. The number of hydrogen-bond donors (Lipinski definition) is 1. The summed E-state index contributed by atoms with van der Waals surface area (Å²) in [6.45, 7) is 2.91. The summed E-state index contributed by atoms with van der Waals surface area (Å²) in [7, 11) is 0. The maximum Gasteiger partial charge on any atom is 0.123 e. The molecule has 0 saturated carbocycles. The highest BCUT2D eigenvalue weighted by Crippen LogP contribution is 2.26. The van der Waals surface area contributed by atoms with Crippen LogP contribution in [0.25, 0.3) is 0 Å². The van der Waals surface area contributed by atoms with E-state index in [1.54, 1.807) is 12.1 Å². The van der Waals surface area contributed by atoms with Crippen molar-refractivity contribution < 1.29 is 9.13 Å². The lowest BCUT2D eigenvalue weighted by atomic mass is 9.87. The molecule has 2 rings (SSSR count). The van der Waals surface area contributed by atoms with Crippen molar-refractivity contribution in [2.24, 2.45) is 5.73 Å². The van der Waals surface area contributed by atoms with Crippen molar-refractivity contribution in [2.75, 3.05) is 6.61 Å². The fourth-order valence-electron chi connectivity index (χ4n) is 2.54. The molecule has 0 spiro atoms. The van der Waals surface area contributed by atoms with Crippen molar-refractivity contribution in [3.8, 4) is 0 Å². The van der Waals surface area contributed by atoms with Crippen LogP contribution in [-0.2, 0) is 10.3 Å². The third kappa shape index (κ3) is 3.53. The quantitative estimate of drug-likeness (QED) is 0.871. The third-order valence-electron chi connectivity index (χ3n) is 3.75. The van der Waals surface area contributed by atoms with E-state index >= 15 is 0 Å². The van der Waals surface area contributed by atoms with Crippen molar-refractivity contribution in [3.05, 3.63) is 35.6 Å². The molecule has 1 fully saturated rings. The fraction of sp³-hybridized carbons (Fsp3) is 0.600. The maximum absolute atomic E-state index is 12.9. The number of rotatable bonds is 5. The summed E-state index contributed by atoms with van der Waals surface area (Å²) in [6.07, 6.45) is 5.82. The molecule has 1 aromatic carbocycles. The summed E-state index contributed by atoms with van der Waals surface area (Å²) in [5.74, 6) is -0.214. The summed E-state index contributed by atoms with van der Waals surface area (Å²) in [5.41, 5.74) is 6.92. The van der Waals surface area contributed by atoms with Gasteiger partial charge in [-0.05, 0) is 56.7 Å². The van der Waals surface area contributed by atoms with Crippen LogP contribution in [-0.4, -0.2) is 12.7 Å². The fourth-order valence-corrected chi connectivity index (χ4v) is 2.54. The van der Waals surface area contributed by atoms with E-state index in [0.717, 1.165) is 31.4 Å². The molecule has 2 nitrogen and oxygen atoms in total. The molecule has 1 saturated heterocycles. The van der Waals surface area contributed by atoms with E-state index in [-0.39, 0.29) is 11.4 Å². The van der Waals surface area contributed by atoms with E-state index in [1.807, 2.05) is 6.92 Å². The monoisotopic (exact) mass is 251 g/mol. The van der Waals surface area contributed by atoms with Gasteiger partial charge in [0, 0.05) is 12.1 Å². The zero-order valence-corrected chi connectivity index (χ0v) is 11.0. The molecule has 18 heavy (non-hydrogen) atoms. The van der Waals surface area contributed by atoms with E-state index in [2.05, 4.69) is 0 Å². The molecule has 2 atom stereocenters. The first kappa shape index (κ1) is 13.5. The predicted molar refractivity (Wildman–Crippen MR) is 70.8 cm³/mol. The Bertz CT molecular complexity index is 369. The third-order valence-corrected chi connectivity index (χ3v) is 3.75. The molecule has 100 valence electrons. The van der Waals surface area contributed by atoms with Gasteiger partial charge < -0.3 is 10.5 Å². The minimum Gasteiger partial charge on any atom is -0.378 e. The average molecular weight is 251 g/mol. The van der Waals surface area contributed by atoms with Gasteiger partial charge in [-0.15, -0.1) is 0 Å². The second kappa shape index (κ2) is 5.81. The molecule has 3 heteroatoms. The van der Waals surface area contributed by atoms with Crippen LogP contribution >= 0.6 is 0 Å². The Balaban J connectivity index is 1.84. The Morgan fingerprint density at radius 3 is 2.72 bits per heavy atom. The number of halogens is 1. The second-order valence-electron chi connectivity index (χ2n) is 5.45. The van der Waals surface area contributed by atoms with Crippen LogP contribution in [0.2, 0.25) is 0 Å². The lowest BCUT2D eigenvalue weighted by molar-refractivity contribution is 0.100. The van der Waals surface area contributed by atoms with Crippen molar-refractivity contribution in [1.82, 2.24) is 0 Å². The Morgan fingerprint density at radius 1 is 1.39 bits per heavy atom. The van der Waals surface area contributed by atoms with Crippen LogP contribution in [0.1, 0.15) is 44.6 Å². The van der Waals surface area contributed by atoms with Crippen LogP contribution in [0.4, 0.5) is 4.39 Å². The normalized spacial score (nSPS) is 22.9. The number of nitrogens with two attached hydrogens (primary N) is 1. The smallest absolute Gasteiger partial charge is 0.123 e. The zero-order chi connectivity index (χ0) is 13.0. The van der Waals surface area contributed by atoms with Crippen LogP contribution < -0.4 is 5.73 Å². The van der Waals surface area contributed by atoms with Gasteiger partial charge in [0.05, 0.1) is 6.10 Å². The van der Waals surface area contributed by atoms with E-state index in [9.17, 15) is 4.39 Å². The second-order valence-corrected chi connectivity index (χ2v) is 5.45. The summed E-state index contributed by atoms with van der Waals surface area (Å²) < 4.78 is 18.5. The Kier molecular flexibility index (Phi) is 4.36. The van der Waals surface area contributed by atoms with Gasteiger partial charge in [-0.25, -0.2) is 4.39 Å². The molecule has 0 amide bonds. The molecule has 1 heterocycles. The van der Waals surface area contributed by atoms with Gasteiger partial charge in [0.2, 0.25) is 0 Å². The molecule has 0 bridgehead atoms. The molecule has 0 aromatic heterocycles. The van der Waals surface area contributed by atoms with E-state index in [1.165, 1.54) is 25.0 Å². The Hall–Kier alpha value is -0.930. The first-order valence-electron chi connectivity index (χ1n) is 6.74. The maximum atomic E-state index is 12.9. The number of benzene rings is 1. The number of ether oxygens (including phenoxy) is 1. The topological polar surface area (TPSA) is 35.2 Å². The molecule has 0 aliphatic carbocycles. The predicted octanol–water partition coefficient (Wildman–Crippen LogP) is 3.35. The molecule has 2 unspecified atom stereocenters. The van der Waals surface area contributed by atoms with Gasteiger partial charge in [0.25, 0.3) is 0 Å². The van der Waals surface area contributed by atoms with Crippen molar-refractivity contribution in [2.45, 2.75) is 50.7 Å². The lowest BCUT2D eigenvalue weighted by Gasteiger charge is -2.25. The minimum absolute atomic E-state index is 0.214. The van der Waals surface area contributed by atoms with E-state index < -0.39 is 0 Å². The standard InChI is InChI=1S/C15H22FNO/c1-15(17,12-6-8-13(16)9-7-12)10-2-4-14-5-3-11-18-14/h6-9,14H,2-5,10-11,17H2,1H3. The SMILES string of the molecule is CC(N)(CCCC1CCCO1)c1ccc(F)cc1. The van der Waals surface area contributed by atoms with Gasteiger partial charge in [-0.1, -0.05) is 12.1 Å². The highest BCUT2D eigenvalue weighted by molar-refractivity contribution is 5.23. The molecule has 0 radical (unpaired) electrons. The summed E-state index contributed by atoms with van der Waals surface area (Å²) in [4.78, 5) is 0. The van der Waals surface area contributed by atoms with E-state index in [0.29, 0.717) is 6.10 Å². The van der Waals surface area contributed by atoms with Crippen LogP contribution in [0, 0.1) is 5.82 Å². The van der Waals surface area contributed by atoms with Crippen LogP contribution in [0.5, 0.6) is 0 Å². The highest BCUT2D eigenvalue weighted by Gasteiger charge is 2.22. The van der Waals surface area contributed by atoms with Gasteiger partial charge in [0.1, 0.15) is 5.82 Å². The van der Waals surface area contributed by atoms with Crippen molar-refractivity contribution in [3.63, 3.8) is 0 Å². The first-order chi connectivity index (χ1) is 8.58. The van der Waals surface area contributed by atoms with Gasteiger partial charge in [-0.2, -0.15) is 0 Å². The van der Waals surface area contributed by atoms with E-state index in [4.69, 9.17) is 10.5 Å². The molecule has 1 aliphatic rings. The lowest BCUT2D eigenvalue weighted by Crippen LogP contribution is -2.33. The van der Waals surface area contributed by atoms with Gasteiger partial charge in [0.15, 0.2) is 0 Å². The molecular weight excluding hydrogens is 229 g/mol. The zero-order valence-electron chi connectivity index (χ0n) is 11.0. The van der Waals surface area contributed by atoms with Gasteiger partial charge in [-0.3, -0.25) is 0 Å². The van der Waals surface area contributed by atoms with Gasteiger partial charge >= 0.3 is 0 Å². The number of hydrogen-bond acceptors (Lipinski definition) is 2. The van der Waals surface area contributed by atoms with Crippen molar-refractivity contribution in [1.29, 1.82) is 0 Å². The highest BCUT2D eigenvalue weighted by atomic mass is 19.1. The molecule has 2 N–H and O–H groups in total. The Labute approximate surface area is 108 Å². The molecule has 1 aromatic rings. The summed E-state index contributed by atoms with van der Waals surface area (Å²) in [6, 6.07) is 6.50. The first-order valence-corrected chi connectivity index (χ1v) is 6.74. The largest absolute Gasteiger partial charge is 0.378 e. The van der Waals surface area contributed by atoms with Crippen molar-refractivity contribution >= 4 is 0 Å². The molecular formula is C15H22FNO. The summed E-state index contributed by atoms with van der Waals surface area (Å²) in [5, 5.41) is 0. The van der Waals surface area contributed by atoms with Crippen LogP contribution in [0.15, 0.2) is 24.3 Å². The average Bonchev–Trinajstić information content (AvgIpc) is 2.82. The van der Waals surface area contributed by atoms with Crippen LogP contribution in [0.3, 0.4) is 0 Å². The summed E-state index contributed by atoms with van der Waals surface area (Å²) >= 11 is 0. The Morgan fingerprint density at radius 2 is 2.11 bits per heavy atom. The molecule has 1 aliphatic heterocycles.